The zero-order valence-corrected chi connectivity index (χ0v) is 26.5. The molecule has 0 spiro atoms. The molecular weight excluding hydrogens is 580 g/mol. The molecule has 2 aromatic rings. The number of benzene rings is 2. The van der Waals surface area contributed by atoms with Crippen LogP contribution in [-0.4, -0.2) is 70.3 Å². The van der Waals surface area contributed by atoms with Crippen LogP contribution in [0.4, 0.5) is 4.79 Å². The Kier molecular flexibility index (Phi) is 15.0. The molecule has 0 saturated carbocycles. The lowest BCUT2D eigenvalue weighted by Gasteiger charge is -2.27. The van der Waals surface area contributed by atoms with Gasteiger partial charge < -0.3 is 36.2 Å². The second kappa shape index (κ2) is 18.4. The van der Waals surface area contributed by atoms with Crippen LogP contribution >= 0.6 is 0 Å². The number of nitrogens with one attached hydrogen (secondary N) is 4. The van der Waals surface area contributed by atoms with Crippen molar-refractivity contribution < 1.29 is 38.9 Å². The molecule has 0 bridgehead atoms. The van der Waals surface area contributed by atoms with Crippen LogP contribution in [0, 0.1) is 11.8 Å². The van der Waals surface area contributed by atoms with Gasteiger partial charge in [-0.05, 0) is 42.7 Å². The fourth-order valence-corrected chi connectivity index (χ4v) is 4.48. The highest BCUT2D eigenvalue weighted by molar-refractivity contribution is 5.90. The molecule has 0 fully saturated rings. The van der Waals surface area contributed by atoms with Crippen molar-refractivity contribution in [3.05, 3.63) is 71.8 Å². The Hall–Kier alpha value is -4.45. The van der Waals surface area contributed by atoms with Crippen molar-refractivity contribution in [1.82, 2.24) is 21.3 Å². The Labute approximate surface area is 264 Å². The van der Waals surface area contributed by atoms with Crippen LogP contribution < -0.4 is 21.3 Å². The van der Waals surface area contributed by atoms with E-state index in [1.807, 2.05) is 48.5 Å². The zero-order chi connectivity index (χ0) is 33.5. The average molecular weight is 627 g/mol. The molecule has 0 radical (unpaired) electrons. The monoisotopic (exact) mass is 626 g/mol. The summed E-state index contributed by atoms with van der Waals surface area (Å²) in [6, 6.07) is 14.4. The van der Waals surface area contributed by atoms with Crippen molar-refractivity contribution in [3.63, 3.8) is 0 Å². The summed E-state index contributed by atoms with van der Waals surface area (Å²) in [5, 5.41) is 30.9. The van der Waals surface area contributed by atoms with Crippen LogP contribution in [0.2, 0.25) is 0 Å². The standard InChI is InChI=1S/C33H46N4O8/c1-20(2)28(31(41)37-29(21(3)4)32(42)43)36-27(39)17-16-26(38)25(18-23-12-8-6-9-13-23)35-30(40)22(5)34-33(44)45-19-24-14-10-7-11-15-24/h6-15,20-22,25-26,28-29,38H,16-19H2,1-5H3,(H,34,44)(H,35,40)(H,36,39)(H,37,41)(H,42,43)/t22-,25?,26?,28-,29-/m0/s1. The van der Waals surface area contributed by atoms with Crippen LogP contribution in [0.5, 0.6) is 0 Å². The number of ether oxygens (including phenoxy) is 1. The number of carboxylic acid groups (broad SMARTS) is 1. The Balaban J connectivity index is 2.00. The Bertz CT molecular complexity index is 1260. The van der Waals surface area contributed by atoms with Gasteiger partial charge in [-0.25, -0.2) is 9.59 Å². The minimum Gasteiger partial charge on any atom is -0.480 e. The molecule has 6 N–H and O–H groups in total. The number of rotatable bonds is 17. The molecule has 246 valence electrons. The molecule has 4 amide bonds. The first-order valence-electron chi connectivity index (χ1n) is 15.1. The Morgan fingerprint density at radius 1 is 0.711 bits per heavy atom. The van der Waals surface area contributed by atoms with Gasteiger partial charge in [0.1, 0.15) is 24.7 Å². The van der Waals surface area contributed by atoms with E-state index in [9.17, 15) is 34.2 Å². The van der Waals surface area contributed by atoms with Crippen molar-refractivity contribution >= 4 is 29.8 Å². The molecule has 12 nitrogen and oxygen atoms in total. The summed E-state index contributed by atoms with van der Waals surface area (Å²) in [7, 11) is 0. The second-order valence-corrected chi connectivity index (χ2v) is 11.7. The number of hydrogen-bond donors (Lipinski definition) is 6. The van der Waals surface area contributed by atoms with E-state index in [1.54, 1.807) is 39.8 Å². The molecular formula is C33H46N4O8. The fraction of sp³-hybridized carbons (Fsp3) is 0.485. The molecule has 2 rings (SSSR count). The van der Waals surface area contributed by atoms with Gasteiger partial charge in [0.25, 0.3) is 0 Å². The van der Waals surface area contributed by atoms with Gasteiger partial charge in [-0.2, -0.15) is 0 Å². The zero-order valence-electron chi connectivity index (χ0n) is 26.5. The lowest BCUT2D eigenvalue weighted by atomic mass is 9.97. The van der Waals surface area contributed by atoms with Gasteiger partial charge in [-0.15, -0.1) is 0 Å². The van der Waals surface area contributed by atoms with E-state index in [-0.39, 0.29) is 37.7 Å². The quantitative estimate of drug-likeness (QED) is 0.155. The molecule has 5 atom stereocenters. The third-order valence-corrected chi connectivity index (χ3v) is 7.19. The van der Waals surface area contributed by atoms with E-state index < -0.39 is 60.1 Å². The van der Waals surface area contributed by atoms with E-state index in [2.05, 4.69) is 21.3 Å². The summed E-state index contributed by atoms with van der Waals surface area (Å²) >= 11 is 0. The van der Waals surface area contributed by atoms with Crippen LogP contribution in [0.1, 0.15) is 58.6 Å². The van der Waals surface area contributed by atoms with Crippen LogP contribution in [0.15, 0.2) is 60.7 Å². The summed E-state index contributed by atoms with van der Waals surface area (Å²) in [5.74, 6) is -3.54. The number of carbonyl (C=O) groups excluding carboxylic acids is 4. The highest BCUT2D eigenvalue weighted by atomic mass is 16.5. The number of aliphatic carboxylic acids is 1. The molecule has 0 heterocycles. The number of carboxylic acids is 1. The largest absolute Gasteiger partial charge is 0.480 e. The van der Waals surface area contributed by atoms with Crippen molar-refractivity contribution in [1.29, 1.82) is 0 Å². The maximum atomic E-state index is 13.0. The number of amides is 4. The van der Waals surface area contributed by atoms with E-state index in [4.69, 9.17) is 4.74 Å². The molecule has 45 heavy (non-hydrogen) atoms. The summed E-state index contributed by atoms with van der Waals surface area (Å²) < 4.78 is 5.19. The summed E-state index contributed by atoms with van der Waals surface area (Å²) in [6.45, 7) is 8.32. The third kappa shape index (κ3) is 13.0. The first-order valence-corrected chi connectivity index (χ1v) is 15.1. The maximum absolute atomic E-state index is 13.0. The van der Waals surface area contributed by atoms with Crippen molar-refractivity contribution in [2.75, 3.05) is 0 Å². The number of alkyl carbamates (subject to hydrolysis) is 1. The highest BCUT2D eigenvalue weighted by Gasteiger charge is 2.31. The fourth-order valence-electron chi connectivity index (χ4n) is 4.48. The summed E-state index contributed by atoms with van der Waals surface area (Å²) in [5.41, 5.74) is 1.63. The predicted octanol–water partition coefficient (Wildman–Crippen LogP) is 2.54. The van der Waals surface area contributed by atoms with Gasteiger partial charge in [0.2, 0.25) is 17.7 Å². The van der Waals surface area contributed by atoms with E-state index >= 15 is 0 Å². The molecule has 12 heteroatoms. The minimum atomic E-state index is -1.17. The van der Waals surface area contributed by atoms with Crippen molar-refractivity contribution in [2.45, 2.75) is 90.8 Å². The molecule has 0 aliphatic rings. The normalized spacial score (nSPS) is 14.4. The van der Waals surface area contributed by atoms with Gasteiger partial charge in [0, 0.05) is 6.42 Å². The predicted molar refractivity (Wildman–Crippen MR) is 168 cm³/mol. The first kappa shape index (κ1) is 36.7. The van der Waals surface area contributed by atoms with Gasteiger partial charge in [-0.3, -0.25) is 14.4 Å². The van der Waals surface area contributed by atoms with Crippen molar-refractivity contribution in [2.24, 2.45) is 11.8 Å². The molecule has 0 saturated heterocycles. The third-order valence-electron chi connectivity index (χ3n) is 7.19. The van der Waals surface area contributed by atoms with Gasteiger partial charge in [0.15, 0.2) is 0 Å². The highest BCUT2D eigenvalue weighted by Crippen LogP contribution is 2.12. The number of hydrogen-bond acceptors (Lipinski definition) is 7. The Morgan fingerprint density at radius 2 is 1.27 bits per heavy atom. The van der Waals surface area contributed by atoms with Gasteiger partial charge >= 0.3 is 12.1 Å². The smallest absolute Gasteiger partial charge is 0.408 e. The lowest BCUT2D eigenvalue weighted by Crippen LogP contribution is -2.55. The van der Waals surface area contributed by atoms with E-state index in [0.717, 1.165) is 11.1 Å². The molecule has 2 aromatic carbocycles. The van der Waals surface area contributed by atoms with E-state index in [1.165, 1.54) is 6.92 Å². The lowest BCUT2D eigenvalue weighted by molar-refractivity contribution is -0.143. The first-order chi connectivity index (χ1) is 21.3. The summed E-state index contributed by atoms with van der Waals surface area (Å²) in [4.78, 5) is 62.5. The number of aliphatic hydroxyl groups is 1. The topological polar surface area (TPSA) is 183 Å². The minimum absolute atomic E-state index is 0.0373. The van der Waals surface area contributed by atoms with Crippen LogP contribution in [0.25, 0.3) is 0 Å². The molecule has 0 aliphatic heterocycles. The Morgan fingerprint density at radius 3 is 1.80 bits per heavy atom. The summed E-state index contributed by atoms with van der Waals surface area (Å²) in [6.07, 6.45) is -1.87. The molecule has 0 aromatic heterocycles. The molecule has 0 aliphatic carbocycles. The molecule has 2 unspecified atom stereocenters. The maximum Gasteiger partial charge on any atom is 0.408 e. The van der Waals surface area contributed by atoms with Gasteiger partial charge in [-0.1, -0.05) is 88.4 Å². The average Bonchev–Trinajstić information content (AvgIpc) is 3.00. The second-order valence-electron chi connectivity index (χ2n) is 11.7. The number of aliphatic hydroxyl groups excluding tert-OH is 1. The SMILES string of the molecule is CC(C)[C@H](NC(=O)[C@@H](NC(=O)CCC(O)C(Cc1ccccc1)NC(=O)[C@H](C)NC(=O)OCc1ccccc1)C(C)C)C(=O)O. The number of carbonyl (C=O) groups is 5. The van der Waals surface area contributed by atoms with Crippen molar-refractivity contribution in [3.8, 4) is 0 Å². The van der Waals surface area contributed by atoms with Gasteiger partial charge in [0.05, 0.1) is 12.1 Å². The van der Waals surface area contributed by atoms with Crippen LogP contribution in [-0.2, 0) is 36.9 Å². The van der Waals surface area contributed by atoms with E-state index in [0.29, 0.717) is 0 Å². The van der Waals surface area contributed by atoms with Crippen LogP contribution in [0.3, 0.4) is 0 Å².